The SMILES string of the molecule is CCCCOC(=O)[C@H]1CS[C@H](c2ccccc2Cl)N1C(C)=O. The van der Waals surface area contributed by atoms with Crippen molar-refractivity contribution in [2.75, 3.05) is 12.4 Å². The molecule has 0 N–H and O–H groups in total. The van der Waals surface area contributed by atoms with Gasteiger partial charge < -0.3 is 9.64 Å². The van der Waals surface area contributed by atoms with Crippen LogP contribution in [0.1, 0.15) is 37.6 Å². The van der Waals surface area contributed by atoms with Gasteiger partial charge in [0.1, 0.15) is 11.4 Å². The Hall–Kier alpha value is -1.20. The van der Waals surface area contributed by atoms with Gasteiger partial charge in [0, 0.05) is 23.3 Å². The molecule has 0 aliphatic carbocycles. The van der Waals surface area contributed by atoms with Crippen molar-refractivity contribution in [2.24, 2.45) is 0 Å². The first-order chi connectivity index (χ1) is 10.6. The van der Waals surface area contributed by atoms with Gasteiger partial charge in [0.25, 0.3) is 0 Å². The summed E-state index contributed by atoms with van der Waals surface area (Å²) in [6.45, 7) is 3.91. The number of carbonyl (C=O) groups excluding carboxylic acids is 2. The first-order valence-electron chi connectivity index (χ1n) is 7.37. The van der Waals surface area contributed by atoms with Crippen LogP contribution in [0.15, 0.2) is 24.3 Å². The van der Waals surface area contributed by atoms with Gasteiger partial charge >= 0.3 is 5.97 Å². The van der Waals surface area contributed by atoms with Crippen molar-refractivity contribution in [2.45, 2.75) is 38.1 Å². The van der Waals surface area contributed by atoms with Gasteiger partial charge in [-0.05, 0) is 12.5 Å². The number of amides is 1. The molecule has 0 radical (unpaired) electrons. The largest absolute Gasteiger partial charge is 0.464 e. The normalized spacial score (nSPS) is 21.0. The van der Waals surface area contributed by atoms with Gasteiger partial charge in [-0.15, -0.1) is 11.8 Å². The van der Waals surface area contributed by atoms with Crippen LogP contribution in [0.25, 0.3) is 0 Å². The Bertz CT molecular complexity index is 552. The summed E-state index contributed by atoms with van der Waals surface area (Å²) in [7, 11) is 0. The fourth-order valence-electron chi connectivity index (χ4n) is 2.40. The van der Waals surface area contributed by atoms with Gasteiger partial charge in [0.15, 0.2) is 0 Å². The molecule has 0 aromatic heterocycles. The topological polar surface area (TPSA) is 46.6 Å². The average molecular weight is 342 g/mol. The highest BCUT2D eigenvalue weighted by atomic mass is 35.5. The zero-order valence-electron chi connectivity index (χ0n) is 12.8. The van der Waals surface area contributed by atoms with Crippen molar-refractivity contribution in [1.82, 2.24) is 4.90 Å². The van der Waals surface area contributed by atoms with Crippen LogP contribution in [-0.4, -0.2) is 35.2 Å². The molecule has 4 nitrogen and oxygen atoms in total. The maximum Gasteiger partial charge on any atom is 0.329 e. The molecule has 1 heterocycles. The minimum atomic E-state index is -0.541. The lowest BCUT2D eigenvalue weighted by atomic mass is 10.1. The molecule has 0 saturated carbocycles. The van der Waals surface area contributed by atoms with E-state index >= 15 is 0 Å². The molecule has 120 valence electrons. The molecule has 2 atom stereocenters. The zero-order chi connectivity index (χ0) is 16.1. The lowest BCUT2D eigenvalue weighted by Crippen LogP contribution is -2.42. The van der Waals surface area contributed by atoms with Crippen LogP contribution < -0.4 is 0 Å². The molecule has 1 aromatic rings. The molecular weight excluding hydrogens is 322 g/mol. The van der Waals surface area contributed by atoms with Crippen LogP contribution >= 0.6 is 23.4 Å². The fraction of sp³-hybridized carbons (Fsp3) is 0.500. The Balaban J connectivity index is 2.16. The molecule has 1 amide bonds. The Morgan fingerprint density at radius 1 is 1.41 bits per heavy atom. The summed E-state index contributed by atoms with van der Waals surface area (Å²) in [6, 6.07) is 6.87. The zero-order valence-corrected chi connectivity index (χ0v) is 14.3. The van der Waals surface area contributed by atoms with E-state index < -0.39 is 6.04 Å². The Morgan fingerprint density at radius 2 is 2.14 bits per heavy atom. The number of benzene rings is 1. The monoisotopic (exact) mass is 341 g/mol. The smallest absolute Gasteiger partial charge is 0.329 e. The number of nitrogens with zero attached hydrogens (tertiary/aromatic N) is 1. The van der Waals surface area contributed by atoms with E-state index in [2.05, 4.69) is 0 Å². The summed E-state index contributed by atoms with van der Waals surface area (Å²) in [4.78, 5) is 25.9. The number of halogens is 1. The molecule has 1 aliphatic heterocycles. The third-order valence-electron chi connectivity index (χ3n) is 3.55. The van der Waals surface area contributed by atoms with E-state index in [9.17, 15) is 9.59 Å². The molecule has 0 spiro atoms. The number of thioether (sulfide) groups is 1. The van der Waals surface area contributed by atoms with Crippen LogP contribution in [0, 0.1) is 0 Å². The average Bonchev–Trinajstić information content (AvgIpc) is 2.93. The summed E-state index contributed by atoms with van der Waals surface area (Å²) < 4.78 is 5.28. The minimum absolute atomic E-state index is 0.146. The Kier molecular flexibility index (Phi) is 6.15. The number of rotatable bonds is 5. The van der Waals surface area contributed by atoms with Crippen LogP contribution in [0.5, 0.6) is 0 Å². The molecule has 6 heteroatoms. The van der Waals surface area contributed by atoms with Crippen molar-refractivity contribution in [3.8, 4) is 0 Å². The second-order valence-corrected chi connectivity index (χ2v) is 6.69. The van der Waals surface area contributed by atoms with E-state index in [-0.39, 0.29) is 17.3 Å². The predicted octanol–water partition coefficient (Wildman–Crippen LogP) is 3.65. The lowest BCUT2D eigenvalue weighted by molar-refractivity contribution is -0.153. The quantitative estimate of drug-likeness (QED) is 0.606. The van der Waals surface area contributed by atoms with Crippen LogP contribution in [0.2, 0.25) is 5.02 Å². The number of carbonyl (C=O) groups is 2. The number of esters is 1. The number of hydrogen-bond acceptors (Lipinski definition) is 4. The summed E-state index contributed by atoms with van der Waals surface area (Å²) in [5.74, 6) is 0.0542. The molecule has 1 fully saturated rings. The molecule has 1 aliphatic rings. The second-order valence-electron chi connectivity index (χ2n) is 5.17. The maximum absolute atomic E-state index is 12.2. The van der Waals surface area contributed by atoms with Crippen molar-refractivity contribution in [3.63, 3.8) is 0 Å². The first kappa shape index (κ1) is 17.2. The van der Waals surface area contributed by atoms with Crippen LogP contribution in [0.4, 0.5) is 0 Å². The van der Waals surface area contributed by atoms with E-state index in [4.69, 9.17) is 16.3 Å². The molecule has 0 unspecified atom stereocenters. The summed E-state index contributed by atoms with van der Waals surface area (Å²) in [6.07, 6.45) is 1.80. The van der Waals surface area contributed by atoms with Gasteiger partial charge in [0.2, 0.25) is 5.91 Å². The van der Waals surface area contributed by atoms with Gasteiger partial charge in [-0.2, -0.15) is 0 Å². The summed E-state index contributed by atoms with van der Waals surface area (Å²) in [5, 5.41) is 0.362. The van der Waals surface area contributed by atoms with Gasteiger partial charge in [-0.3, -0.25) is 4.79 Å². The third kappa shape index (κ3) is 3.76. The molecule has 1 aromatic carbocycles. The van der Waals surface area contributed by atoms with Gasteiger partial charge in [0.05, 0.1) is 6.61 Å². The van der Waals surface area contributed by atoms with Crippen molar-refractivity contribution >= 4 is 35.2 Å². The number of ether oxygens (including phenoxy) is 1. The molecule has 22 heavy (non-hydrogen) atoms. The van der Waals surface area contributed by atoms with E-state index in [1.54, 1.807) is 22.7 Å². The summed E-state index contributed by atoms with van der Waals surface area (Å²) >= 11 is 7.78. The van der Waals surface area contributed by atoms with Crippen molar-refractivity contribution in [3.05, 3.63) is 34.9 Å². The standard InChI is InChI=1S/C16H20ClNO3S/c1-3-4-9-21-16(20)14-10-22-15(18(14)11(2)19)12-7-5-6-8-13(12)17/h5-8,14-15H,3-4,9-10H2,1-2H3/t14-,15-/m1/s1. The highest BCUT2D eigenvalue weighted by Gasteiger charge is 2.42. The molecule has 0 bridgehead atoms. The maximum atomic E-state index is 12.2. The molecule has 1 saturated heterocycles. The first-order valence-corrected chi connectivity index (χ1v) is 8.80. The fourth-order valence-corrected chi connectivity index (χ4v) is 4.21. The van der Waals surface area contributed by atoms with E-state index in [0.717, 1.165) is 18.4 Å². The molecular formula is C16H20ClNO3S. The minimum Gasteiger partial charge on any atom is -0.464 e. The number of hydrogen-bond donors (Lipinski definition) is 0. The lowest BCUT2D eigenvalue weighted by Gasteiger charge is -2.27. The van der Waals surface area contributed by atoms with Gasteiger partial charge in [-0.1, -0.05) is 43.1 Å². The highest BCUT2D eigenvalue weighted by molar-refractivity contribution is 7.99. The Labute approximate surface area is 140 Å². The predicted molar refractivity (Wildman–Crippen MR) is 88.8 cm³/mol. The third-order valence-corrected chi connectivity index (χ3v) is 5.20. The molecule has 2 rings (SSSR count). The second kappa shape index (κ2) is 7.88. The van der Waals surface area contributed by atoms with E-state index in [1.165, 1.54) is 6.92 Å². The van der Waals surface area contributed by atoms with Crippen LogP contribution in [0.3, 0.4) is 0 Å². The number of unbranched alkanes of at least 4 members (excludes halogenated alkanes) is 1. The van der Waals surface area contributed by atoms with Gasteiger partial charge in [-0.25, -0.2) is 4.79 Å². The van der Waals surface area contributed by atoms with Crippen molar-refractivity contribution in [1.29, 1.82) is 0 Å². The van der Waals surface area contributed by atoms with E-state index in [1.807, 2.05) is 25.1 Å². The highest BCUT2D eigenvalue weighted by Crippen LogP contribution is 2.43. The van der Waals surface area contributed by atoms with E-state index in [0.29, 0.717) is 17.4 Å². The van der Waals surface area contributed by atoms with Crippen molar-refractivity contribution < 1.29 is 14.3 Å². The van der Waals surface area contributed by atoms with Crippen LogP contribution in [-0.2, 0) is 14.3 Å². The Morgan fingerprint density at radius 3 is 2.77 bits per heavy atom. The summed E-state index contributed by atoms with van der Waals surface area (Å²) in [5.41, 5.74) is 0.855.